The second-order valence-electron chi connectivity index (χ2n) is 15.3. The van der Waals surface area contributed by atoms with Crippen molar-refractivity contribution in [2.45, 2.75) is 207 Å². The number of aryl methyl sites for hydroxylation is 4. The summed E-state index contributed by atoms with van der Waals surface area (Å²) in [4.78, 5) is 9.05. The van der Waals surface area contributed by atoms with Gasteiger partial charge in [0.15, 0.2) is 0 Å². The van der Waals surface area contributed by atoms with Crippen LogP contribution in [0.3, 0.4) is 0 Å². The molecule has 50 heavy (non-hydrogen) atoms. The first-order valence-electron chi connectivity index (χ1n) is 21.3. The molecule has 0 nitrogen and oxygen atoms in total. The third kappa shape index (κ3) is 14.5. The molecule has 0 spiro atoms. The highest BCUT2D eigenvalue weighted by atomic mass is 32.1. The molecule has 4 rings (SSSR count). The van der Waals surface area contributed by atoms with Gasteiger partial charge in [0.05, 0.1) is 0 Å². The zero-order valence-corrected chi connectivity index (χ0v) is 36.0. The van der Waals surface area contributed by atoms with Crippen molar-refractivity contribution in [3.63, 3.8) is 0 Å². The smallest absolute Gasteiger partial charge is 0.0499 e. The molecular weight excluding hydrogens is 681 g/mol. The molecule has 0 aliphatic heterocycles. The molecule has 4 heteroatoms. The van der Waals surface area contributed by atoms with E-state index in [-0.39, 0.29) is 0 Å². The van der Waals surface area contributed by atoms with Gasteiger partial charge in [-0.25, -0.2) is 0 Å². The van der Waals surface area contributed by atoms with E-state index >= 15 is 0 Å². The van der Waals surface area contributed by atoms with Crippen LogP contribution in [0.4, 0.5) is 0 Å². The fraction of sp³-hybridized carbons (Fsp3) is 0.696. The van der Waals surface area contributed by atoms with E-state index in [4.69, 9.17) is 0 Å². The lowest BCUT2D eigenvalue weighted by Gasteiger charge is -2.06. The molecule has 0 aliphatic carbocycles. The van der Waals surface area contributed by atoms with E-state index in [0.29, 0.717) is 0 Å². The molecule has 4 aromatic rings. The van der Waals surface area contributed by atoms with Crippen molar-refractivity contribution in [1.29, 1.82) is 0 Å². The summed E-state index contributed by atoms with van der Waals surface area (Å²) in [7, 11) is 0. The van der Waals surface area contributed by atoms with Crippen LogP contribution >= 0.6 is 45.3 Å². The van der Waals surface area contributed by atoms with Gasteiger partial charge in [0, 0.05) is 38.7 Å². The number of thiophene rings is 4. The molecule has 0 atom stereocenters. The summed E-state index contributed by atoms with van der Waals surface area (Å²) in [6, 6.07) is 9.46. The minimum absolute atomic E-state index is 1.24. The van der Waals surface area contributed by atoms with Gasteiger partial charge >= 0.3 is 0 Å². The Morgan fingerprint density at radius 3 is 0.880 bits per heavy atom. The first-order valence-corrected chi connectivity index (χ1v) is 24.6. The summed E-state index contributed by atoms with van der Waals surface area (Å²) in [5.41, 5.74) is 3.34. The third-order valence-corrected chi connectivity index (χ3v) is 15.8. The molecule has 4 aromatic heterocycles. The van der Waals surface area contributed by atoms with Crippen LogP contribution < -0.4 is 0 Å². The van der Waals surface area contributed by atoms with E-state index in [1.165, 1.54) is 199 Å². The summed E-state index contributed by atoms with van der Waals surface area (Å²) < 4.78 is 3.25. The van der Waals surface area contributed by atoms with Gasteiger partial charge < -0.3 is 0 Å². The molecule has 0 fully saturated rings. The van der Waals surface area contributed by atoms with Crippen LogP contribution in [0.2, 0.25) is 0 Å². The third-order valence-electron chi connectivity index (χ3n) is 10.7. The van der Waals surface area contributed by atoms with Crippen molar-refractivity contribution in [3.05, 3.63) is 45.1 Å². The van der Waals surface area contributed by atoms with E-state index in [2.05, 4.69) is 74.6 Å². The maximum Gasteiger partial charge on any atom is 0.0499 e. The standard InChI is InChI=1S/C46H72S4/c1-5-7-9-11-13-15-17-19-21-23-25-27-29-31-39-43(41-35-33-37(3)47-41)49-46-40(44(50-45(39)46)42-36-34-38(4)48-42)32-30-28-26-24-22-20-18-16-14-12-10-8-6-2/h33-36H,5-32H2,1-4H3. The predicted molar refractivity (Wildman–Crippen MR) is 235 cm³/mol. The fourth-order valence-electron chi connectivity index (χ4n) is 7.63. The van der Waals surface area contributed by atoms with Gasteiger partial charge in [-0.05, 0) is 74.9 Å². The van der Waals surface area contributed by atoms with E-state index < -0.39 is 0 Å². The van der Waals surface area contributed by atoms with E-state index in [1.807, 2.05) is 22.7 Å². The number of hydrogen-bond acceptors (Lipinski definition) is 4. The molecule has 0 N–H and O–H groups in total. The summed E-state index contributed by atoms with van der Waals surface area (Å²) >= 11 is 8.27. The first-order chi connectivity index (χ1) is 24.6. The van der Waals surface area contributed by atoms with Gasteiger partial charge in [-0.1, -0.05) is 168 Å². The van der Waals surface area contributed by atoms with Gasteiger partial charge in [0.25, 0.3) is 0 Å². The Bertz CT molecular complexity index is 1320. The van der Waals surface area contributed by atoms with Crippen LogP contribution in [0.1, 0.15) is 202 Å². The van der Waals surface area contributed by atoms with E-state index in [1.54, 1.807) is 30.3 Å². The van der Waals surface area contributed by atoms with Crippen LogP contribution in [-0.4, -0.2) is 0 Å². The Morgan fingerprint density at radius 1 is 0.340 bits per heavy atom. The Labute approximate surface area is 324 Å². The molecule has 4 heterocycles. The number of unbranched alkanes of at least 4 members (excludes halogenated alkanes) is 24. The number of hydrogen-bond donors (Lipinski definition) is 0. The summed E-state index contributed by atoms with van der Waals surface area (Å²) in [5, 5.41) is 0. The van der Waals surface area contributed by atoms with Crippen molar-refractivity contribution >= 4 is 54.7 Å². The van der Waals surface area contributed by atoms with Crippen LogP contribution in [0.25, 0.3) is 28.9 Å². The molecule has 0 bridgehead atoms. The van der Waals surface area contributed by atoms with Gasteiger partial charge in [-0.15, -0.1) is 45.3 Å². The summed E-state index contributed by atoms with van der Waals surface area (Å²) in [6.45, 7) is 9.17. The second kappa shape index (κ2) is 25.1. The second-order valence-corrected chi connectivity index (χ2v) is 19.9. The highest BCUT2D eigenvalue weighted by Gasteiger charge is 2.23. The molecule has 280 valence electrons. The molecule has 0 aromatic carbocycles. The van der Waals surface area contributed by atoms with Crippen LogP contribution in [0.15, 0.2) is 24.3 Å². The molecule has 0 saturated heterocycles. The number of fused-ring (bicyclic) bond motifs is 1. The SMILES string of the molecule is CCCCCCCCCCCCCCCc1c(-c2ccc(C)s2)sc2c(CCCCCCCCCCCCCCC)c(-c3ccc(C)s3)sc12. The largest absolute Gasteiger partial charge is 0.140 e. The van der Waals surface area contributed by atoms with Crippen LogP contribution in [0, 0.1) is 13.8 Å². The first kappa shape index (κ1) is 41.8. The maximum absolute atomic E-state index is 2.40. The van der Waals surface area contributed by atoms with Crippen molar-refractivity contribution in [3.8, 4) is 19.5 Å². The summed E-state index contributed by atoms with van der Waals surface area (Å²) in [5.74, 6) is 0. The lowest BCUT2D eigenvalue weighted by atomic mass is 10.0. The molecule has 0 radical (unpaired) electrons. The zero-order chi connectivity index (χ0) is 35.2. The van der Waals surface area contributed by atoms with Crippen molar-refractivity contribution in [2.24, 2.45) is 0 Å². The predicted octanol–water partition coefficient (Wildman–Crippen LogP) is 18.3. The maximum atomic E-state index is 2.40. The Morgan fingerprint density at radius 2 is 0.620 bits per heavy atom. The lowest BCUT2D eigenvalue weighted by molar-refractivity contribution is 0.539. The zero-order valence-electron chi connectivity index (χ0n) is 32.7. The Kier molecular flexibility index (Phi) is 21.0. The highest BCUT2D eigenvalue weighted by Crippen LogP contribution is 2.51. The Balaban J connectivity index is 1.30. The number of rotatable bonds is 30. The molecule has 0 unspecified atom stereocenters. The minimum Gasteiger partial charge on any atom is -0.140 e. The van der Waals surface area contributed by atoms with Crippen molar-refractivity contribution in [1.82, 2.24) is 0 Å². The van der Waals surface area contributed by atoms with Gasteiger partial charge in [-0.2, -0.15) is 0 Å². The van der Waals surface area contributed by atoms with Crippen LogP contribution in [-0.2, 0) is 12.8 Å². The average molecular weight is 753 g/mol. The van der Waals surface area contributed by atoms with E-state index in [9.17, 15) is 0 Å². The topological polar surface area (TPSA) is 0 Å². The monoisotopic (exact) mass is 752 g/mol. The van der Waals surface area contributed by atoms with Gasteiger partial charge in [0.2, 0.25) is 0 Å². The molecule has 0 amide bonds. The van der Waals surface area contributed by atoms with Gasteiger partial charge in [-0.3, -0.25) is 0 Å². The van der Waals surface area contributed by atoms with Crippen molar-refractivity contribution < 1.29 is 0 Å². The fourth-order valence-corrected chi connectivity index (χ4v) is 12.7. The van der Waals surface area contributed by atoms with Crippen LogP contribution in [0.5, 0.6) is 0 Å². The quantitative estimate of drug-likeness (QED) is 0.0465. The molecular formula is C46H72S4. The van der Waals surface area contributed by atoms with Crippen molar-refractivity contribution in [2.75, 3.05) is 0 Å². The normalized spacial score (nSPS) is 11.8. The molecule has 0 saturated carbocycles. The average Bonchev–Trinajstić information content (AvgIpc) is 3.90. The molecule has 0 aliphatic rings. The van der Waals surface area contributed by atoms with Gasteiger partial charge in [0.1, 0.15) is 0 Å². The lowest BCUT2D eigenvalue weighted by Crippen LogP contribution is -1.87. The highest BCUT2D eigenvalue weighted by molar-refractivity contribution is 7.34. The Hall–Kier alpha value is -0.940. The summed E-state index contributed by atoms with van der Waals surface area (Å²) in [6.07, 6.45) is 39.5. The van der Waals surface area contributed by atoms with E-state index in [0.717, 1.165) is 0 Å². The minimum atomic E-state index is 1.24.